The Labute approximate surface area is 101 Å². The minimum Gasteiger partial charge on any atom is -0.330 e. The van der Waals surface area contributed by atoms with Gasteiger partial charge in [0, 0.05) is 12.6 Å². The largest absolute Gasteiger partial charge is 0.390 e. The molecule has 17 heavy (non-hydrogen) atoms. The molecule has 0 aromatic rings. The SMILES string of the molecule is CCN(CCC(F)(F)F)C1CCCCC1CN. The van der Waals surface area contributed by atoms with Gasteiger partial charge in [0.2, 0.25) is 0 Å². The number of halogens is 3. The summed E-state index contributed by atoms with van der Waals surface area (Å²) in [5.74, 6) is 0.372. The van der Waals surface area contributed by atoms with E-state index in [0.29, 0.717) is 19.0 Å². The lowest BCUT2D eigenvalue weighted by molar-refractivity contribution is -0.139. The molecule has 0 radical (unpaired) electrons. The summed E-state index contributed by atoms with van der Waals surface area (Å²) in [5, 5.41) is 0. The van der Waals surface area contributed by atoms with Crippen molar-refractivity contribution in [3.63, 3.8) is 0 Å². The smallest absolute Gasteiger partial charge is 0.330 e. The van der Waals surface area contributed by atoms with Crippen LogP contribution in [0.3, 0.4) is 0 Å². The van der Waals surface area contributed by atoms with E-state index < -0.39 is 12.6 Å². The Hall–Kier alpha value is -0.290. The lowest BCUT2D eigenvalue weighted by Crippen LogP contribution is -2.46. The molecule has 2 unspecified atom stereocenters. The molecule has 5 heteroatoms. The Kier molecular flexibility index (Phi) is 5.73. The van der Waals surface area contributed by atoms with Crippen LogP contribution in [-0.4, -0.2) is 36.8 Å². The topological polar surface area (TPSA) is 29.3 Å². The Morgan fingerprint density at radius 3 is 2.41 bits per heavy atom. The molecule has 0 aromatic carbocycles. The highest BCUT2D eigenvalue weighted by molar-refractivity contribution is 4.83. The molecule has 2 nitrogen and oxygen atoms in total. The Morgan fingerprint density at radius 2 is 1.88 bits per heavy atom. The van der Waals surface area contributed by atoms with Gasteiger partial charge in [-0.2, -0.15) is 13.2 Å². The number of hydrogen-bond acceptors (Lipinski definition) is 2. The van der Waals surface area contributed by atoms with Crippen molar-refractivity contribution >= 4 is 0 Å². The van der Waals surface area contributed by atoms with Gasteiger partial charge in [-0.05, 0) is 31.8 Å². The van der Waals surface area contributed by atoms with Crippen LogP contribution in [0, 0.1) is 5.92 Å². The van der Waals surface area contributed by atoms with Gasteiger partial charge in [-0.25, -0.2) is 0 Å². The summed E-state index contributed by atoms with van der Waals surface area (Å²) >= 11 is 0. The van der Waals surface area contributed by atoms with Crippen molar-refractivity contribution in [2.24, 2.45) is 11.7 Å². The molecule has 0 saturated heterocycles. The molecular formula is C12H23F3N2. The quantitative estimate of drug-likeness (QED) is 0.815. The maximum absolute atomic E-state index is 12.2. The highest BCUT2D eigenvalue weighted by Crippen LogP contribution is 2.29. The summed E-state index contributed by atoms with van der Waals surface area (Å²) in [6, 6.07) is 0.251. The van der Waals surface area contributed by atoms with Crippen LogP contribution < -0.4 is 5.73 Å². The van der Waals surface area contributed by atoms with Gasteiger partial charge in [-0.3, -0.25) is 0 Å². The first kappa shape index (κ1) is 14.8. The van der Waals surface area contributed by atoms with Gasteiger partial charge in [-0.1, -0.05) is 19.8 Å². The molecule has 1 rings (SSSR count). The molecule has 0 spiro atoms. The van der Waals surface area contributed by atoms with Crippen molar-refractivity contribution in [1.82, 2.24) is 4.90 Å². The number of nitrogens with two attached hydrogens (primary N) is 1. The van der Waals surface area contributed by atoms with Gasteiger partial charge in [0.05, 0.1) is 6.42 Å². The molecule has 0 aromatic heterocycles. The zero-order valence-electron chi connectivity index (χ0n) is 10.5. The normalized spacial score (nSPS) is 26.5. The molecule has 102 valence electrons. The van der Waals surface area contributed by atoms with E-state index in [1.54, 1.807) is 0 Å². The van der Waals surface area contributed by atoms with Crippen molar-refractivity contribution < 1.29 is 13.2 Å². The van der Waals surface area contributed by atoms with E-state index in [1.165, 1.54) is 0 Å². The van der Waals surface area contributed by atoms with Crippen molar-refractivity contribution in [3.05, 3.63) is 0 Å². The minimum absolute atomic E-state index is 0.112. The third-order valence-electron chi connectivity index (χ3n) is 3.73. The molecule has 2 atom stereocenters. The van der Waals surface area contributed by atoms with E-state index in [4.69, 9.17) is 5.73 Å². The predicted molar refractivity (Wildman–Crippen MR) is 62.7 cm³/mol. The average Bonchev–Trinajstić information content (AvgIpc) is 2.29. The average molecular weight is 252 g/mol. The van der Waals surface area contributed by atoms with Gasteiger partial charge in [0.1, 0.15) is 0 Å². The molecule has 1 aliphatic carbocycles. The van der Waals surface area contributed by atoms with E-state index in [2.05, 4.69) is 0 Å². The Balaban J connectivity index is 2.52. The predicted octanol–water partition coefficient (Wildman–Crippen LogP) is 2.78. The Morgan fingerprint density at radius 1 is 1.24 bits per heavy atom. The standard InChI is InChI=1S/C12H23F3N2/c1-2-17(8-7-12(13,14)15)11-6-4-3-5-10(11)9-16/h10-11H,2-9,16H2,1H3. The van der Waals surface area contributed by atoms with Gasteiger partial charge < -0.3 is 10.6 Å². The Bertz CT molecular complexity index is 218. The molecule has 1 aliphatic rings. The van der Waals surface area contributed by atoms with Gasteiger partial charge in [0.25, 0.3) is 0 Å². The zero-order chi connectivity index (χ0) is 12.9. The van der Waals surface area contributed by atoms with Crippen molar-refractivity contribution in [3.8, 4) is 0 Å². The van der Waals surface area contributed by atoms with E-state index in [9.17, 15) is 13.2 Å². The lowest BCUT2D eigenvalue weighted by atomic mass is 9.83. The molecule has 2 N–H and O–H groups in total. The zero-order valence-corrected chi connectivity index (χ0v) is 10.5. The molecule has 1 fully saturated rings. The van der Waals surface area contributed by atoms with E-state index in [1.807, 2.05) is 11.8 Å². The second-order valence-electron chi connectivity index (χ2n) is 4.84. The molecule has 0 heterocycles. The summed E-state index contributed by atoms with van der Waals surface area (Å²) in [5.41, 5.74) is 5.72. The van der Waals surface area contributed by atoms with E-state index in [0.717, 1.165) is 25.7 Å². The van der Waals surface area contributed by atoms with E-state index >= 15 is 0 Å². The van der Waals surface area contributed by atoms with E-state index in [-0.39, 0.29) is 12.6 Å². The fourth-order valence-electron chi connectivity index (χ4n) is 2.77. The van der Waals surface area contributed by atoms with Crippen molar-refractivity contribution in [2.45, 2.75) is 51.2 Å². The summed E-state index contributed by atoms with van der Waals surface area (Å²) in [6.45, 7) is 3.31. The number of rotatable bonds is 5. The van der Waals surface area contributed by atoms with Crippen LogP contribution in [0.25, 0.3) is 0 Å². The highest BCUT2D eigenvalue weighted by Gasteiger charge is 2.32. The monoisotopic (exact) mass is 252 g/mol. The maximum atomic E-state index is 12.2. The number of hydrogen-bond donors (Lipinski definition) is 1. The molecule has 1 saturated carbocycles. The fourth-order valence-corrected chi connectivity index (χ4v) is 2.77. The fraction of sp³-hybridized carbons (Fsp3) is 1.00. The van der Waals surface area contributed by atoms with Crippen LogP contribution in [0.2, 0.25) is 0 Å². The summed E-state index contributed by atoms with van der Waals surface area (Å²) < 4.78 is 36.7. The lowest BCUT2D eigenvalue weighted by Gasteiger charge is -2.39. The van der Waals surface area contributed by atoms with Gasteiger partial charge in [0.15, 0.2) is 0 Å². The van der Waals surface area contributed by atoms with Gasteiger partial charge in [-0.15, -0.1) is 0 Å². The van der Waals surface area contributed by atoms with Gasteiger partial charge >= 0.3 is 6.18 Å². The van der Waals surface area contributed by atoms with Crippen LogP contribution in [0.5, 0.6) is 0 Å². The van der Waals surface area contributed by atoms with Crippen molar-refractivity contribution in [1.29, 1.82) is 0 Å². The molecule has 0 bridgehead atoms. The summed E-state index contributed by atoms with van der Waals surface area (Å²) in [7, 11) is 0. The van der Waals surface area contributed by atoms with Crippen LogP contribution in [0.1, 0.15) is 39.0 Å². The minimum atomic E-state index is -4.06. The third-order valence-corrected chi connectivity index (χ3v) is 3.73. The first-order valence-corrected chi connectivity index (χ1v) is 6.48. The maximum Gasteiger partial charge on any atom is 0.390 e. The second kappa shape index (κ2) is 6.59. The van der Waals surface area contributed by atoms with Crippen LogP contribution in [0.4, 0.5) is 13.2 Å². The second-order valence-corrected chi connectivity index (χ2v) is 4.84. The van der Waals surface area contributed by atoms with Crippen LogP contribution >= 0.6 is 0 Å². The number of nitrogens with zero attached hydrogens (tertiary/aromatic N) is 1. The summed E-state index contributed by atoms with van der Waals surface area (Å²) in [6.07, 6.45) is -0.439. The van der Waals surface area contributed by atoms with Crippen LogP contribution in [-0.2, 0) is 0 Å². The molecule has 0 aliphatic heterocycles. The first-order valence-electron chi connectivity index (χ1n) is 6.48. The highest BCUT2D eigenvalue weighted by atomic mass is 19.4. The third kappa shape index (κ3) is 4.84. The van der Waals surface area contributed by atoms with Crippen LogP contribution in [0.15, 0.2) is 0 Å². The van der Waals surface area contributed by atoms with Crippen molar-refractivity contribution in [2.75, 3.05) is 19.6 Å². The summed E-state index contributed by atoms with van der Waals surface area (Å²) in [4.78, 5) is 1.96. The number of alkyl halides is 3. The first-order chi connectivity index (χ1) is 7.98. The molecule has 0 amide bonds. The molecular weight excluding hydrogens is 229 g/mol.